The molecule has 0 bridgehead atoms. The zero-order valence-corrected chi connectivity index (χ0v) is 22.2. The molecule has 0 heterocycles. The lowest BCUT2D eigenvalue weighted by Crippen LogP contribution is -2.10. The Labute approximate surface area is 215 Å². The Morgan fingerprint density at radius 3 is 1.00 bits per heavy atom. The second-order valence-corrected chi connectivity index (χ2v) is 10.8. The molecule has 170 valence electrons. The minimum Gasteiger partial charge on any atom is -0.384 e. The molecule has 3 aromatic carbocycles. The van der Waals surface area contributed by atoms with E-state index in [0.717, 1.165) is 0 Å². The fraction of sp³-hybridized carbons (Fsp3) is 0.143. The molecular formula is C21H15Cl6O4P. The molecule has 0 aromatic heterocycles. The molecule has 0 amide bonds. The Balaban J connectivity index is 2.12. The molecule has 32 heavy (non-hydrogen) atoms. The first-order valence-corrected chi connectivity index (χ1v) is 12.7. The molecular weight excluding hydrogens is 560 g/mol. The van der Waals surface area contributed by atoms with Gasteiger partial charge in [0.05, 0.1) is 15.1 Å². The van der Waals surface area contributed by atoms with Gasteiger partial charge in [0.15, 0.2) is 17.2 Å². The Hall–Kier alpha value is -0.970. The zero-order valence-electron chi connectivity index (χ0n) is 16.8. The summed E-state index contributed by atoms with van der Waals surface area (Å²) in [5.74, 6) is 0.180. The predicted molar refractivity (Wildman–Crippen MR) is 133 cm³/mol. The molecule has 11 heteroatoms. The highest BCUT2D eigenvalue weighted by Crippen LogP contribution is 2.55. The fourth-order valence-electron chi connectivity index (χ4n) is 2.81. The first kappa shape index (κ1) is 25.6. The van der Waals surface area contributed by atoms with Gasteiger partial charge >= 0.3 is 7.82 Å². The van der Waals surface area contributed by atoms with E-state index in [2.05, 4.69) is 0 Å². The summed E-state index contributed by atoms with van der Waals surface area (Å²) in [4.78, 5) is 0. The van der Waals surface area contributed by atoms with Crippen molar-refractivity contribution in [2.24, 2.45) is 0 Å². The van der Waals surface area contributed by atoms with Gasteiger partial charge in [-0.25, -0.2) is 0 Å². The smallest absolute Gasteiger partial charge is 0.384 e. The summed E-state index contributed by atoms with van der Waals surface area (Å²) < 4.78 is 31.2. The molecule has 3 aromatic rings. The molecule has 3 rings (SSSR count). The third-order valence-electron chi connectivity index (χ3n) is 4.19. The van der Waals surface area contributed by atoms with Crippen molar-refractivity contribution in [3.05, 3.63) is 83.2 Å². The van der Waals surface area contributed by atoms with Crippen LogP contribution >= 0.6 is 77.4 Å². The quantitative estimate of drug-likeness (QED) is 0.275. The monoisotopic (exact) mass is 572 g/mol. The van der Waals surface area contributed by atoms with Crippen molar-refractivity contribution in [3.8, 4) is 17.2 Å². The van der Waals surface area contributed by atoms with Crippen LogP contribution in [-0.4, -0.2) is 0 Å². The molecule has 4 nitrogen and oxygen atoms in total. The highest BCUT2D eigenvalue weighted by atomic mass is 35.5. The molecule has 0 spiro atoms. The molecule has 0 N–H and O–H groups in total. The summed E-state index contributed by atoms with van der Waals surface area (Å²) >= 11 is 37.0. The minimum atomic E-state index is -4.47. The lowest BCUT2D eigenvalue weighted by atomic mass is 10.2. The van der Waals surface area contributed by atoms with Crippen LogP contribution < -0.4 is 13.6 Å². The van der Waals surface area contributed by atoms with Gasteiger partial charge in [-0.3, -0.25) is 0 Å². The SMILES string of the molecule is Cc1cc(Cl)cc(Cl)c1OP(=O)(Oc1c(C)cc(Cl)cc1Cl)Oc1c(C)cc(Cl)cc1Cl. The summed E-state index contributed by atoms with van der Waals surface area (Å²) in [6.07, 6.45) is 0. The Bertz CT molecular complexity index is 1030. The van der Waals surface area contributed by atoms with Gasteiger partial charge in [-0.1, -0.05) is 69.6 Å². The van der Waals surface area contributed by atoms with Crippen LogP contribution in [0.3, 0.4) is 0 Å². The molecule has 0 saturated carbocycles. The normalized spacial score (nSPS) is 11.4. The van der Waals surface area contributed by atoms with Crippen LogP contribution in [0.5, 0.6) is 17.2 Å². The van der Waals surface area contributed by atoms with Crippen LogP contribution in [0.2, 0.25) is 30.1 Å². The number of halogens is 6. The Morgan fingerprint density at radius 2 is 0.781 bits per heavy atom. The standard InChI is InChI=1S/C21H15Cl6O4P/c1-10-4-13(22)7-16(25)19(10)29-32(28,30-20-11(2)5-14(23)8-17(20)26)31-21-12(3)6-15(24)9-18(21)27/h4-9H,1-3H3. The number of benzene rings is 3. The second-order valence-electron chi connectivity index (χ2n) is 6.82. The molecule has 0 atom stereocenters. The van der Waals surface area contributed by atoms with Gasteiger partial charge in [0.1, 0.15) is 0 Å². The van der Waals surface area contributed by atoms with Gasteiger partial charge in [0.25, 0.3) is 0 Å². The molecule has 0 unspecified atom stereocenters. The van der Waals surface area contributed by atoms with E-state index in [1.54, 1.807) is 39.0 Å². The van der Waals surface area contributed by atoms with E-state index in [9.17, 15) is 4.57 Å². The molecule has 0 aliphatic heterocycles. The minimum absolute atomic E-state index is 0.0601. The number of hydrogen-bond acceptors (Lipinski definition) is 4. The summed E-state index contributed by atoms with van der Waals surface area (Å²) in [5.41, 5.74) is 1.52. The summed E-state index contributed by atoms with van der Waals surface area (Å²) in [7, 11) is -4.47. The van der Waals surface area contributed by atoms with Gasteiger partial charge in [0.2, 0.25) is 0 Å². The highest BCUT2D eigenvalue weighted by molar-refractivity contribution is 7.49. The van der Waals surface area contributed by atoms with Crippen LogP contribution in [0.25, 0.3) is 0 Å². The van der Waals surface area contributed by atoms with E-state index < -0.39 is 7.82 Å². The fourth-order valence-corrected chi connectivity index (χ4v) is 6.38. The van der Waals surface area contributed by atoms with E-state index in [4.69, 9.17) is 83.2 Å². The van der Waals surface area contributed by atoms with Gasteiger partial charge in [-0.05, 0) is 73.9 Å². The lowest BCUT2D eigenvalue weighted by molar-refractivity contribution is 0.296. The number of hydrogen-bond donors (Lipinski definition) is 0. The molecule has 0 aliphatic rings. The van der Waals surface area contributed by atoms with E-state index in [-0.39, 0.29) is 32.3 Å². The predicted octanol–water partition coefficient (Wildman–Crippen LogP) is 10.2. The van der Waals surface area contributed by atoms with Gasteiger partial charge in [-0.2, -0.15) is 4.57 Å². The summed E-state index contributed by atoms with van der Waals surface area (Å²) in [6, 6.07) is 9.10. The van der Waals surface area contributed by atoms with E-state index >= 15 is 0 Å². The van der Waals surface area contributed by atoms with Crippen molar-refractivity contribution in [2.45, 2.75) is 20.8 Å². The topological polar surface area (TPSA) is 44.8 Å². The lowest BCUT2D eigenvalue weighted by Gasteiger charge is -2.23. The van der Waals surface area contributed by atoms with E-state index in [0.29, 0.717) is 31.8 Å². The molecule has 0 saturated heterocycles. The Morgan fingerprint density at radius 1 is 0.531 bits per heavy atom. The van der Waals surface area contributed by atoms with Gasteiger partial charge in [0, 0.05) is 15.1 Å². The van der Waals surface area contributed by atoms with Crippen LogP contribution in [-0.2, 0) is 4.57 Å². The third-order valence-corrected chi connectivity index (χ3v) is 6.91. The summed E-state index contributed by atoms with van der Waals surface area (Å²) in [5, 5.41) is 1.47. The van der Waals surface area contributed by atoms with Crippen LogP contribution in [0.4, 0.5) is 0 Å². The number of aryl methyl sites for hydroxylation is 3. The molecule has 0 fully saturated rings. The first-order chi connectivity index (χ1) is 14.9. The van der Waals surface area contributed by atoms with Crippen LogP contribution in [0.15, 0.2) is 36.4 Å². The molecule has 0 radical (unpaired) electrons. The Kier molecular flexibility index (Phi) is 8.10. The zero-order chi connectivity index (χ0) is 23.8. The average Bonchev–Trinajstić information content (AvgIpc) is 2.64. The number of phosphoric acid groups is 1. The van der Waals surface area contributed by atoms with Crippen LogP contribution in [0, 0.1) is 20.8 Å². The van der Waals surface area contributed by atoms with E-state index in [1.165, 1.54) is 18.2 Å². The van der Waals surface area contributed by atoms with Crippen molar-refractivity contribution in [1.29, 1.82) is 0 Å². The largest absolute Gasteiger partial charge is 0.647 e. The van der Waals surface area contributed by atoms with Gasteiger partial charge < -0.3 is 13.6 Å². The van der Waals surface area contributed by atoms with Crippen molar-refractivity contribution in [1.82, 2.24) is 0 Å². The van der Waals surface area contributed by atoms with Crippen LogP contribution in [0.1, 0.15) is 16.7 Å². The third kappa shape index (κ3) is 5.93. The summed E-state index contributed by atoms with van der Waals surface area (Å²) in [6.45, 7) is 5.04. The maximum atomic E-state index is 13.9. The maximum Gasteiger partial charge on any atom is 0.647 e. The first-order valence-electron chi connectivity index (χ1n) is 8.94. The maximum absolute atomic E-state index is 13.9. The number of phosphoric ester groups is 1. The second kappa shape index (κ2) is 10.1. The van der Waals surface area contributed by atoms with E-state index in [1.807, 2.05) is 0 Å². The number of rotatable bonds is 6. The van der Waals surface area contributed by atoms with Crippen molar-refractivity contribution < 1.29 is 18.1 Å². The van der Waals surface area contributed by atoms with Gasteiger partial charge in [-0.15, -0.1) is 0 Å². The van der Waals surface area contributed by atoms with Crippen molar-refractivity contribution in [2.75, 3.05) is 0 Å². The highest BCUT2D eigenvalue weighted by Gasteiger charge is 2.37. The molecule has 0 aliphatic carbocycles. The average molecular weight is 575 g/mol. The van der Waals surface area contributed by atoms with Crippen molar-refractivity contribution >= 4 is 77.4 Å². The van der Waals surface area contributed by atoms with Crippen molar-refractivity contribution in [3.63, 3.8) is 0 Å².